The average Bonchev–Trinajstić information content (AvgIpc) is 3.46. The predicted molar refractivity (Wildman–Crippen MR) is 122 cm³/mol. The monoisotopic (exact) mass is 434 g/mol. The Morgan fingerprint density at radius 2 is 1.93 bits per heavy atom. The van der Waals surface area contributed by atoms with Crippen molar-refractivity contribution in [3.05, 3.63) is 58.6 Å². The summed E-state index contributed by atoms with van der Waals surface area (Å²) in [7, 11) is 0. The van der Waals surface area contributed by atoms with Gasteiger partial charge in [-0.15, -0.1) is 11.3 Å². The van der Waals surface area contributed by atoms with Gasteiger partial charge in [0.25, 0.3) is 11.6 Å². The van der Waals surface area contributed by atoms with Crippen LogP contribution in [0.1, 0.15) is 27.9 Å². The number of thiophene rings is 1. The fourth-order valence-electron chi connectivity index (χ4n) is 3.45. The molecule has 6 nitrogen and oxygen atoms in total. The van der Waals surface area contributed by atoms with Crippen LogP contribution in [0.15, 0.2) is 47.0 Å². The molecule has 5 rings (SSSR count). The van der Waals surface area contributed by atoms with Gasteiger partial charge in [-0.1, -0.05) is 28.6 Å². The zero-order chi connectivity index (χ0) is 20.8. The second-order valence-corrected chi connectivity index (χ2v) is 9.22. The molecule has 0 fully saturated rings. The number of carbonyl (C=O) groups is 1. The van der Waals surface area contributed by atoms with E-state index in [4.69, 9.17) is 4.52 Å². The molecular weight excluding hydrogens is 416 g/mol. The molecule has 0 saturated carbocycles. The van der Waals surface area contributed by atoms with Crippen molar-refractivity contribution in [2.45, 2.75) is 20.8 Å². The predicted octanol–water partition coefficient (Wildman–Crippen LogP) is 5.84. The molecule has 1 aromatic carbocycles. The molecule has 8 heteroatoms. The average molecular weight is 435 g/mol. The molecule has 0 aliphatic heterocycles. The highest BCUT2D eigenvalue weighted by Crippen LogP contribution is 2.34. The van der Waals surface area contributed by atoms with E-state index in [1.807, 2.05) is 63.2 Å². The fourth-order valence-corrected chi connectivity index (χ4v) is 5.30. The highest BCUT2D eigenvalue weighted by molar-refractivity contribution is 7.22. The molecular formula is C22H18N4O2S2. The molecule has 4 aromatic heterocycles. The SMILES string of the molecule is CCN(C(=O)c1cc(-c2ccc(C)s2)nc2onc(C)c12)c1nc2ccccc2s1. The molecule has 5 aromatic rings. The van der Waals surface area contributed by atoms with Crippen LogP contribution in [0.5, 0.6) is 0 Å². The molecule has 0 unspecified atom stereocenters. The van der Waals surface area contributed by atoms with Crippen LogP contribution in [0.4, 0.5) is 5.13 Å². The van der Waals surface area contributed by atoms with Crippen molar-refractivity contribution in [3.63, 3.8) is 0 Å². The molecule has 0 radical (unpaired) electrons. The lowest BCUT2D eigenvalue weighted by molar-refractivity contribution is 0.0990. The molecule has 150 valence electrons. The zero-order valence-corrected chi connectivity index (χ0v) is 18.3. The minimum Gasteiger partial charge on any atom is -0.335 e. The van der Waals surface area contributed by atoms with Crippen LogP contribution in [0.2, 0.25) is 0 Å². The molecule has 0 spiro atoms. The van der Waals surface area contributed by atoms with Crippen molar-refractivity contribution >= 4 is 55.0 Å². The Kier molecular flexibility index (Phi) is 4.60. The number of anilines is 1. The van der Waals surface area contributed by atoms with Crippen LogP contribution in [0.3, 0.4) is 0 Å². The topological polar surface area (TPSA) is 72.1 Å². The Hall–Kier alpha value is -3.10. The van der Waals surface area contributed by atoms with Gasteiger partial charge in [-0.2, -0.15) is 0 Å². The number of rotatable bonds is 4. The molecule has 0 saturated heterocycles. The van der Waals surface area contributed by atoms with E-state index in [-0.39, 0.29) is 5.91 Å². The van der Waals surface area contributed by atoms with E-state index in [0.717, 1.165) is 15.1 Å². The second-order valence-electron chi connectivity index (χ2n) is 6.93. The first-order chi connectivity index (χ1) is 14.5. The van der Waals surface area contributed by atoms with Gasteiger partial charge in [0, 0.05) is 11.4 Å². The van der Waals surface area contributed by atoms with Crippen LogP contribution >= 0.6 is 22.7 Å². The third-order valence-electron chi connectivity index (χ3n) is 4.92. The summed E-state index contributed by atoms with van der Waals surface area (Å²) in [6.45, 7) is 6.32. The lowest BCUT2D eigenvalue weighted by Gasteiger charge is -2.18. The van der Waals surface area contributed by atoms with Crippen LogP contribution in [0.25, 0.3) is 31.9 Å². The summed E-state index contributed by atoms with van der Waals surface area (Å²) >= 11 is 3.14. The maximum absolute atomic E-state index is 13.7. The summed E-state index contributed by atoms with van der Waals surface area (Å²) in [6, 6.07) is 13.8. The number of hydrogen-bond donors (Lipinski definition) is 0. The van der Waals surface area contributed by atoms with Crippen LogP contribution in [-0.4, -0.2) is 27.6 Å². The summed E-state index contributed by atoms with van der Waals surface area (Å²) < 4.78 is 6.49. The summed E-state index contributed by atoms with van der Waals surface area (Å²) in [4.78, 5) is 26.9. The third-order valence-corrected chi connectivity index (χ3v) is 7.00. The smallest absolute Gasteiger partial charge is 0.261 e. The first kappa shape index (κ1) is 18.9. The summed E-state index contributed by atoms with van der Waals surface area (Å²) in [5.41, 5.74) is 3.15. The fraction of sp³-hybridized carbons (Fsp3) is 0.182. The van der Waals surface area contributed by atoms with Gasteiger partial charge in [-0.05, 0) is 51.1 Å². The van der Waals surface area contributed by atoms with E-state index >= 15 is 0 Å². The Morgan fingerprint density at radius 1 is 1.10 bits per heavy atom. The van der Waals surface area contributed by atoms with E-state index in [2.05, 4.69) is 15.1 Å². The van der Waals surface area contributed by atoms with Crippen molar-refractivity contribution in [2.24, 2.45) is 0 Å². The highest BCUT2D eigenvalue weighted by Gasteiger charge is 2.25. The van der Waals surface area contributed by atoms with Crippen LogP contribution < -0.4 is 4.90 Å². The van der Waals surface area contributed by atoms with Crippen molar-refractivity contribution in [1.29, 1.82) is 0 Å². The zero-order valence-electron chi connectivity index (χ0n) is 16.7. The van der Waals surface area contributed by atoms with Gasteiger partial charge in [0.2, 0.25) is 0 Å². The van der Waals surface area contributed by atoms with Crippen molar-refractivity contribution < 1.29 is 9.32 Å². The summed E-state index contributed by atoms with van der Waals surface area (Å²) in [6.07, 6.45) is 0. The van der Waals surface area contributed by atoms with E-state index in [0.29, 0.717) is 39.7 Å². The van der Waals surface area contributed by atoms with Gasteiger partial charge in [0.1, 0.15) is 0 Å². The van der Waals surface area contributed by atoms with E-state index in [1.165, 1.54) is 16.2 Å². The lowest BCUT2D eigenvalue weighted by atomic mass is 10.1. The van der Waals surface area contributed by atoms with Gasteiger partial charge in [0.05, 0.1) is 37.4 Å². The normalized spacial score (nSPS) is 11.4. The summed E-state index contributed by atoms with van der Waals surface area (Å²) in [5, 5.41) is 5.38. The van der Waals surface area contributed by atoms with Crippen molar-refractivity contribution in [3.8, 4) is 10.6 Å². The second kappa shape index (κ2) is 7.30. The lowest BCUT2D eigenvalue weighted by Crippen LogP contribution is -2.30. The van der Waals surface area contributed by atoms with Gasteiger partial charge in [-0.25, -0.2) is 9.97 Å². The molecule has 0 aliphatic carbocycles. The molecule has 1 amide bonds. The Morgan fingerprint density at radius 3 is 2.67 bits per heavy atom. The number of benzene rings is 1. The Bertz CT molecular complexity index is 1370. The van der Waals surface area contributed by atoms with Crippen molar-refractivity contribution in [2.75, 3.05) is 11.4 Å². The van der Waals surface area contributed by atoms with E-state index in [9.17, 15) is 4.79 Å². The molecule has 0 aliphatic rings. The number of hydrogen-bond acceptors (Lipinski definition) is 7. The number of thiazole rings is 1. The van der Waals surface area contributed by atoms with Crippen LogP contribution in [0, 0.1) is 13.8 Å². The molecule has 0 bridgehead atoms. The maximum Gasteiger partial charge on any atom is 0.261 e. The molecule has 0 N–H and O–H groups in total. The third kappa shape index (κ3) is 3.09. The minimum absolute atomic E-state index is 0.134. The first-order valence-corrected chi connectivity index (χ1v) is 11.2. The van der Waals surface area contributed by atoms with Crippen LogP contribution in [-0.2, 0) is 0 Å². The number of aromatic nitrogens is 3. The number of fused-ring (bicyclic) bond motifs is 2. The Labute approximate surface area is 180 Å². The molecule has 4 heterocycles. The summed E-state index contributed by atoms with van der Waals surface area (Å²) in [5.74, 6) is -0.134. The minimum atomic E-state index is -0.134. The number of pyridine rings is 1. The molecule has 0 atom stereocenters. The quantitative estimate of drug-likeness (QED) is 0.355. The van der Waals surface area contributed by atoms with E-state index in [1.54, 1.807) is 16.2 Å². The van der Waals surface area contributed by atoms with Gasteiger partial charge < -0.3 is 4.52 Å². The van der Waals surface area contributed by atoms with E-state index < -0.39 is 0 Å². The Balaban J connectivity index is 1.66. The number of nitrogens with zero attached hydrogens (tertiary/aromatic N) is 4. The number of aryl methyl sites for hydroxylation is 2. The van der Waals surface area contributed by atoms with Gasteiger partial charge in [-0.3, -0.25) is 9.69 Å². The van der Waals surface area contributed by atoms with Gasteiger partial charge in [0.15, 0.2) is 5.13 Å². The molecule has 30 heavy (non-hydrogen) atoms. The maximum atomic E-state index is 13.7. The van der Waals surface area contributed by atoms with Gasteiger partial charge >= 0.3 is 0 Å². The number of para-hydroxylation sites is 1. The number of amides is 1. The number of carbonyl (C=O) groups excluding carboxylic acids is 1. The van der Waals surface area contributed by atoms with Crippen molar-refractivity contribution in [1.82, 2.24) is 15.1 Å². The first-order valence-electron chi connectivity index (χ1n) is 9.56. The largest absolute Gasteiger partial charge is 0.335 e. The standard InChI is InChI=1S/C22H18N4O2S2/c1-4-26(22-24-15-7-5-6-8-17(15)30-22)21(27)14-11-16(18-10-9-12(2)29-18)23-20-19(14)13(3)25-28-20/h5-11H,4H2,1-3H3. The highest BCUT2D eigenvalue weighted by atomic mass is 32.1.